The maximum absolute atomic E-state index is 14.3. The number of nitrogens with zero attached hydrogens (tertiary/aromatic N) is 3. The van der Waals surface area contributed by atoms with Gasteiger partial charge in [0, 0.05) is 37.7 Å². The van der Waals surface area contributed by atoms with Crippen molar-refractivity contribution in [3.05, 3.63) is 92.9 Å². The number of carbonyl (C=O) groups excluding carboxylic acids is 1. The molecule has 1 aliphatic rings. The first-order valence-corrected chi connectivity index (χ1v) is 11.3. The summed E-state index contributed by atoms with van der Waals surface area (Å²) in [4.78, 5) is 32.1. The Bertz CT molecular complexity index is 1250. The van der Waals surface area contributed by atoms with Crippen molar-refractivity contribution in [2.24, 2.45) is 0 Å². The van der Waals surface area contributed by atoms with Crippen LogP contribution >= 0.6 is 0 Å². The number of hydrogen-bond donors (Lipinski definition) is 2. The number of ether oxygens (including phenoxy) is 1. The first-order valence-electron chi connectivity index (χ1n) is 11.3. The molecule has 2 heterocycles. The van der Waals surface area contributed by atoms with Gasteiger partial charge in [0.15, 0.2) is 0 Å². The van der Waals surface area contributed by atoms with Crippen molar-refractivity contribution < 1.29 is 23.4 Å². The van der Waals surface area contributed by atoms with Gasteiger partial charge in [0.2, 0.25) is 5.95 Å². The fourth-order valence-corrected chi connectivity index (χ4v) is 3.86. The number of aliphatic hydroxyl groups excluding tert-OH is 1. The Morgan fingerprint density at radius 1 is 1.17 bits per heavy atom. The Kier molecular flexibility index (Phi) is 7.71. The number of anilines is 1. The van der Waals surface area contributed by atoms with Gasteiger partial charge < -0.3 is 20.1 Å². The van der Waals surface area contributed by atoms with E-state index in [-0.39, 0.29) is 37.8 Å². The normalized spacial score (nSPS) is 12.8. The Hall–Kier alpha value is -3.79. The number of aromatic nitrogens is 2. The highest BCUT2D eigenvalue weighted by atomic mass is 19.1. The first kappa shape index (κ1) is 24.3. The molecule has 4 rings (SSSR count). The van der Waals surface area contributed by atoms with Crippen molar-refractivity contribution in [1.29, 1.82) is 0 Å². The predicted octanol–water partition coefficient (Wildman–Crippen LogP) is 3.06. The third-order valence-electron chi connectivity index (χ3n) is 5.74. The van der Waals surface area contributed by atoms with E-state index in [2.05, 4.69) is 10.3 Å². The van der Waals surface area contributed by atoms with E-state index >= 15 is 0 Å². The highest BCUT2D eigenvalue weighted by molar-refractivity contribution is 5.68. The lowest BCUT2D eigenvalue weighted by molar-refractivity contribution is 0.0913. The lowest BCUT2D eigenvalue weighted by Gasteiger charge is -2.28. The molecule has 0 fully saturated rings. The van der Waals surface area contributed by atoms with Crippen LogP contribution in [0.2, 0.25) is 0 Å². The number of carbonyl (C=O) groups is 1. The number of rotatable bonds is 8. The van der Waals surface area contributed by atoms with Gasteiger partial charge in [-0.2, -0.15) is 0 Å². The van der Waals surface area contributed by atoms with Crippen LogP contribution in [0, 0.1) is 11.6 Å². The van der Waals surface area contributed by atoms with Crippen molar-refractivity contribution in [3.8, 4) is 0 Å². The van der Waals surface area contributed by atoms with Crippen LogP contribution in [0.3, 0.4) is 0 Å². The molecule has 0 bridgehead atoms. The fraction of sp³-hybridized carbons (Fsp3) is 0.320. The van der Waals surface area contributed by atoms with E-state index in [1.165, 1.54) is 15.5 Å². The van der Waals surface area contributed by atoms with E-state index in [9.17, 15) is 18.4 Å². The first-order chi connectivity index (χ1) is 17.0. The molecule has 1 aliphatic heterocycles. The van der Waals surface area contributed by atoms with E-state index < -0.39 is 23.3 Å². The SMILES string of the molecule is O=C(OCc1ccccc1)N1CCc2nc(NCCCO)n(Cc3ccc(F)cc3F)c(=O)c2C1. The van der Waals surface area contributed by atoms with Crippen molar-refractivity contribution in [2.75, 3.05) is 25.0 Å². The van der Waals surface area contributed by atoms with Crippen molar-refractivity contribution in [3.63, 3.8) is 0 Å². The molecule has 35 heavy (non-hydrogen) atoms. The molecule has 2 N–H and O–H groups in total. The van der Waals surface area contributed by atoms with Gasteiger partial charge in [0.1, 0.15) is 18.2 Å². The minimum atomic E-state index is -0.776. The molecule has 1 amide bonds. The summed E-state index contributed by atoms with van der Waals surface area (Å²) in [5.74, 6) is -1.26. The van der Waals surface area contributed by atoms with Crippen LogP contribution in [-0.2, 0) is 30.9 Å². The number of nitrogens with one attached hydrogen (secondary N) is 1. The second kappa shape index (κ2) is 11.1. The van der Waals surface area contributed by atoms with Gasteiger partial charge in [0.05, 0.1) is 24.3 Å². The van der Waals surface area contributed by atoms with Gasteiger partial charge in [-0.15, -0.1) is 0 Å². The molecule has 0 atom stereocenters. The van der Waals surface area contributed by atoms with E-state index in [0.29, 0.717) is 37.2 Å². The number of amides is 1. The zero-order valence-electron chi connectivity index (χ0n) is 19.0. The van der Waals surface area contributed by atoms with E-state index in [4.69, 9.17) is 9.84 Å². The highest BCUT2D eigenvalue weighted by Crippen LogP contribution is 2.19. The number of benzene rings is 2. The highest BCUT2D eigenvalue weighted by Gasteiger charge is 2.27. The Balaban J connectivity index is 1.58. The lowest BCUT2D eigenvalue weighted by atomic mass is 10.1. The molecular weight excluding hydrogens is 458 g/mol. The summed E-state index contributed by atoms with van der Waals surface area (Å²) in [7, 11) is 0. The van der Waals surface area contributed by atoms with Gasteiger partial charge >= 0.3 is 6.09 Å². The zero-order chi connectivity index (χ0) is 24.8. The van der Waals surface area contributed by atoms with Crippen LogP contribution in [-0.4, -0.2) is 45.3 Å². The second-order valence-corrected chi connectivity index (χ2v) is 8.20. The van der Waals surface area contributed by atoms with Crippen molar-refractivity contribution in [1.82, 2.24) is 14.5 Å². The summed E-state index contributed by atoms with van der Waals surface area (Å²) >= 11 is 0. The zero-order valence-corrected chi connectivity index (χ0v) is 19.0. The quantitative estimate of drug-likeness (QED) is 0.477. The maximum Gasteiger partial charge on any atom is 0.410 e. The Morgan fingerprint density at radius 3 is 2.71 bits per heavy atom. The molecule has 1 aromatic heterocycles. The summed E-state index contributed by atoms with van der Waals surface area (Å²) in [6.45, 7) is 0.589. The third kappa shape index (κ3) is 5.83. The molecule has 0 aliphatic carbocycles. The summed E-state index contributed by atoms with van der Waals surface area (Å²) in [6, 6.07) is 12.4. The minimum absolute atomic E-state index is 0.0115. The monoisotopic (exact) mass is 484 g/mol. The molecule has 0 unspecified atom stereocenters. The summed E-state index contributed by atoms with van der Waals surface area (Å²) in [6.07, 6.45) is 0.241. The van der Waals surface area contributed by atoms with Crippen molar-refractivity contribution >= 4 is 12.0 Å². The minimum Gasteiger partial charge on any atom is -0.445 e. The number of aliphatic hydroxyl groups is 1. The molecule has 3 aromatic rings. The Morgan fingerprint density at radius 2 is 1.97 bits per heavy atom. The van der Waals surface area contributed by atoms with Crippen LogP contribution in [0.25, 0.3) is 0 Å². The van der Waals surface area contributed by atoms with E-state index in [1.54, 1.807) is 0 Å². The smallest absolute Gasteiger partial charge is 0.410 e. The van der Waals surface area contributed by atoms with Crippen molar-refractivity contribution in [2.45, 2.75) is 32.5 Å². The fourth-order valence-electron chi connectivity index (χ4n) is 3.86. The lowest BCUT2D eigenvalue weighted by Crippen LogP contribution is -2.42. The Labute approximate surface area is 200 Å². The molecule has 10 heteroatoms. The summed E-state index contributed by atoms with van der Waals surface area (Å²) < 4.78 is 34.4. The third-order valence-corrected chi connectivity index (χ3v) is 5.74. The molecule has 0 spiro atoms. The van der Waals surface area contributed by atoms with E-state index in [1.807, 2.05) is 30.3 Å². The van der Waals surface area contributed by atoms with Gasteiger partial charge in [-0.3, -0.25) is 9.36 Å². The topological polar surface area (TPSA) is 96.7 Å². The molecule has 184 valence electrons. The van der Waals surface area contributed by atoms with Crippen LogP contribution in [0.4, 0.5) is 19.5 Å². The van der Waals surface area contributed by atoms with Gasteiger partial charge in [-0.25, -0.2) is 18.6 Å². The van der Waals surface area contributed by atoms with Crippen LogP contribution in [0.1, 0.15) is 28.8 Å². The number of fused-ring (bicyclic) bond motifs is 1. The van der Waals surface area contributed by atoms with Gasteiger partial charge in [0.25, 0.3) is 5.56 Å². The van der Waals surface area contributed by atoms with Gasteiger partial charge in [-0.1, -0.05) is 36.4 Å². The van der Waals surface area contributed by atoms with Crippen LogP contribution < -0.4 is 10.9 Å². The molecule has 8 nitrogen and oxygen atoms in total. The average Bonchev–Trinajstić information content (AvgIpc) is 2.86. The molecule has 0 radical (unpaired) electrons. The molecule has 2 aromatic carbocycles. The van der Waals surface area contributed by atoms with Crippen LogP contribution in [0.15, 0.2) is 53.3 Å². The molecule has 0 saturated carbocycles. The molecule has 0 saturated heterocycles. The second-order valence-electron chi connectivity index (χ2n) is 8.20. The van der Waals surface area contributed by atoms with Gasteiger partial charge in [-0.05, 0) is 18.1 Å². The predicted molar refractivity (Wildman–Crippen MR) is 125 cm³/mol. The maximum atomic E-state index is 14.3. The summed E-state index contributed by atoms with van der Waals surface area (Å²) in [5.41, 5.74) is 1.41. The molecular formula is C25H26F2N4O4. The standard InChI is InChI=1S/C25H26F2N4O4/c26-19-8-7-18(21(27)13-19)14-31-23(33)20-15-30(25(34)35-16-17-5-2-1-3-6-17)11-9-22(20)29-24(31)28-10-4-12-32/h1-3,5-8,13,32H,4,9-12,14-16H2,(H,28,29). The largest absolute Gasteiger partial charge is 0.445 e. The number of halogens is 2. The van der Waals surface area contributed by atoms with E-state index in [0.717, 1.165) is 17.7 Å². The number of hydrogen-bond acceptors (Lipinski definition) is 6. The average molecular weight is 485 g/mol. The summed E-state index contributed by atoms with van der Waals surface area (Å²) in [5, 5.41) is 12.1. The van der Waals surface area contributed by atoms with Crippen LogP contribution in [0.5, 0.6) is 0 Å².